The van der Waals surface area contributed by atoms with E-state index in [0.29, 0.717) is 36.3 Å². The molecule has 0 bridgehead atoms. The number of likely N-dealkylation sites (tertiary alicyclic amines) is 1. The summed E-state index contributed by atoms with van der Waals surface area (Å²) in [5.74, 6) is 1.32. The van der Waals surface area contributed by atoms with Gasteiger partial charge in [-0.2, -0.15) is 0 Å². The van der Waals surface area contributed by atoms with Crippen molar-refractivity contribution in [3.05, 3.63) is 29.7 Å². The molecule has 1 atom stereocenters. The number of methoxy groups -OCH3 is 1. The SMILES string of the molecule is COc1ccc(OC2CCCN(C(=O)c3cc(C)on3)C2)nn1. The van der Waals surface area contributed by atoms with Crippen LogP contribution in [0.1, 0.15) is 29.1 Å². The molecule has 3 rings (SSSR count). The molecule has 122 valence electrons. The highest BCUT2D eigenvalue weighted by Gasteiger charge is 2.27. The molecule has 1 amide bonds. The number of hydrogen-bond acceptors (Lipinski definition) is 7. The van der Waals surface area contributed by atoms with Crippen LogP contribution in [0.15, 0.2) is 22.7 Å². The smallest absolute Gasteiger partial charge is 0.276 e. The highest BCUT2D eigenvalue weighted by molar-refractivity contribution is 5.92. The molecule has 0 spiro atoms. The van der Waals surface area contributed by atoms with Crippen molar-refractivity contribution in [2.24, 2.45) is 0 Å². The highest BCUT2D eigenvalue weighted by atomic mass is 16.5. The van der Waals surface area contributed by atoms with Crippen LogP contribution in [0.4, 0.5) is 0 Å². The molecule has 1 unspecified atom stereocenters. The number of amides is 1. The molecule has 23 heavy (non-hydrogen) atoms. The van der Waals surface area contributed by atoms with Crippen LogP contribution >= 0.6 is 0 Å². The minimum Gasteiger partial charge on any atom is -0.480 e. The number of aromatic nitrogens is 3. The lowest BCUT2D eigenvalue weighted by molar-refractivity contribution is 0.0516. The predicted molar refractivity (Wildman–Crippen MR) is 79.4 cm³/mol. The first-order chi connectivity index (χ1) is 11.2. The Kier molecular flexibility index (Phi) is 4.40. The first kappa shape index (κ1) is 15.3. The zero-order valence-electron chi connectivity index (χ0n) is 13.1. The van der Waals surface area contributed by atoms with Crippen molar-refractivity contribution in [3.8, 4) is 11.8 Å². The van der Waals surface area contributed by atoms with E-state index in [-0.39, 0.29) is 12.0 Å². The molecule has 0 N–H and O–H groups in total. The van der Waals surface area contributed by atoms with E-state index in [2.05, 4.69) is 15.4 Å². The van der Waals surface area contributed by atoms with Crippen LogP contribution in [0.25, 0.3) is 0 Å². The first-order valence-electron chi connectivity index (χ1n) is 7.42. The number of nitrogens with zero attached hydrogens (tertiary/aromatic N) is 4. The summed E-state index contributed by atoms with van der Waals surface area (Å²) in [4.78, 5) is 14.1. The lowest BCUT2D eigenvalue weighted by Gasteiger charge is -2.32. The number of rotatable bonds is 4. The third-order valence-corrected chi connectivity index (χ3v) is 3.62. The van der Waals surface area contributed by atoms with Crippen LogP contribution in [0.2, 0.25) is 0 Å². The topological polar surface area (TPSA) is 90.6 Å². The minimum atomic E-state index is -0.143. The second kappa shape index (κ2) is 6.64. The Morgan fingerprint density at radius 2 is 2.13 bits per heavy atom. The van der Waals surface area contributed by atoms with Crippen molar-refractivity contribution < 1.29 is 18.8 Å². The van der Waals surface area contributed by atoms with Crippen molar-refractivity contribution in [1.82, 2.24) is 20.3 Å². The molecule has 8 heteroatoms. The maximum absolute atomic E-state index is 12.4. The molecule has 1 aliphatic rings. The van der Waals surface area contributed by atoms with E-state index in [1.54, 1.807) is 30.0 Å². The Labute approximate surface area is 133 Å². The van der Waals surface area contributed by atoms with Crippen LogP contribution in [-0.2, 0) is 0 Å². The van der Waals surface area contributed by atoms with Crippen molar-refractivity contribution in [3.63, 3.8) is 0 Å². The van der Waals surface area contributed by atoms with Gasteiger partial charge in [0.1, 0.15) is 11.9 Å². The normalized spacial score (nSPS) is 17.8. The standard InChI is InChI=1S/C15H18N4O4/c1-10-8-12(18-23-10)15(20)19-7-3-4-11(9-19)22-14-6-5-13(21-2)16-17-14/h5-6,8,11H,3-4,7,9H2,1-2H3. The van der Waals surface area contributed by atoms with E-state index in [0.717, 1.165) is 12.8 Å². The molecule has 0 aromatic carbocycles. The molecule has 1 aliphatic heterocycles. The molecule has 3 heterocycles. The number of carbonyl (C=O) groups excluding carboxylic acids is 1. The van der Waals surface area contributed by atoms with Crippen molar-refractivity contribution in [1.29, 1.82) is 0 Å². The largest absolute Gasteiger partial charge is 0.480 e. The third kappa shape index (κ3) is 3.58. The highest BCUT2D eigenvalue weighted by Crippen LogP contribution is 2.19. The average molecular weight is 318 g/mol. The number of hydrogen-bond donors (Lipinski definition) is 0. The van der Waals surface area contributed by atoms with E-state index < -0.39 is 0 Å². The van der Waals surface area contributed by atoms with Gasteiger partial charge in [-0.3, -0.25) is 4.79 Å². The predicted octanol–water partition coefficient (Wildman–Crippen LogP) is 1.47. The Balaban J connectivity index is 1.62. The van der Waals surface area contributed by atoms with Crippen LogP contribution in [-0.4, -0.2) is 52.5 Å². The molecular weight excluding hydrogens is 300 g/mol. The van der Waals surface area contributed by atoms with E-state index >= 15 is 0 Å². The molecular formula is C15H18N4O4. The monoisotopic (exact) mass is 318 g/mol. The molecule has 0 aliphatic carbocycles. The molecule has 8 nitrogen and oxygen atoms in total. The Morgan fingerprint density at radius 1 is 1.35 bits per heavy atom. The summed E-state index contributed by atoms with van der Waals surface area (Å²) in [7, 11) is 1.53. The summed E-state index contributed by atoms with van der Waals surface area (Å²) >= 11 is 0. The Morgan fingerprint density at radius 3 is 2.78 bits per heavy atom. The number of aryl methyl sites for hydroxylation is 1. The Hall–Kier alpha value is -2.64. The van der Waals surface area contributed by atoms with Gasteiger partial charge < -0.3 is 18.9 Å². The van der Waals surface area contributed by atoms with E-state index in [4.69, 9.17) is 14.0 Å². The van der Waals surface area contributed by atoms with E-state index in [1.165, 1.54) is 7.11 Å². The summed E-state index contributed by atoms with van der Waals surface area (Å²) in [6, 6.07) is 5.03. The lowest BCUT2D eigenvalue weighted by Crippen LogP contribution is -2.44. The van der Waals surface area contributed by atoms with Gasteiger partial charge in [-0.05, 0) is 19.8 Å². The van der Waals surface area contributed by atoms with Crippen LogP contribution < -0.4 is 9.47 Å². The zero-order valence-corrected chi connectivity index (χ0v) is 13.1. The van der Waals surface area contributed by atoms with Gasteiger partial charge in [0.05, 0.1) is 13.7 Å². The number of carbonyl (C=O) groups is 1. The molecule has 0 saturated carbocycles. The van der Waals surface area contributed by atoms with Gasteiger partial charge >= 0.3 is 0 Å². The van der Waals surface area contributed by atoms with E-state index in [1.807, 2.05) is 0 Å². The lowest BCUT2D eigenvalue weighted by atomic mass is 10.1. The summed E-state index contributed by atoms with van der Waals surface area (Å²) < 4.78 is 15.7. The first-order valence-corrected chi connectivity index (χ1v) is 7.42. The van der Waals surface area contributed by atoms with Crippen molar-refractivity contribution in [2.75, 3.05) is 20.2 Å². The summed E-state index contributed by atoms with van der Waals surface area (Å²) in [6.07, 6.45) is 1.59. The fourth-order valence-electron chi connectivity index (χ4n) is 2.50. The zero-order chi connectivity index (χ0) is 16.2. The Bertz CT molecular complexity index is 670. The van der Waals surface area contributed by atoms with Gasteiger partial charge in [-0.25, -0.2) is 0 Å². The average Bonchev–Trinajstić information content (AvgIpc) is 3.01. The molecule has 1 saturated heterocycles. The van der Waals surface area contributed by atoms with Gasteiger partial charge in [0.2, 0.25) is 11.8 Å². The van der Waals surface area contributed by atoms with Crippen LogP contribution in [0, 0.1) is 6.92 Å². The third-order valence-electron chi connectivity index (χ3n) is 3.62. The fraction of sp³-hybridized carbons (Fsp3) is 0.467. The maximum Gasteiger partial charge on any atom is 0.276 e. The van der Waals surface area contributed by atoms with Gasteiger partial charge in [0, 0.05) is 24.7 Å². The van der Waals surface area contributed by atoms with E-state index in [9.17, 15) is 4.79 Å². The summed E-state index contributed by atoms with van der Waals surface area (Å²) in [6.45, 7) is 2.92. The summed E-state index contributed by atoms with van der Waals surface area (Å²) in [5, 5.41) is 11.6. The molecule has 0 radical (unpaired) electrons. The van der Waals surface area contributed by atoms with Gasteiger partial charge in [-0.15, -0.1) is 10.2 Å². The number of ether oxygens (including phenoxy) is 2. The van der Waals surface area contributed by atoms with Crippen molar-refractivity contribution >= 4 is 5.91 Å². The fourth-order valence-corrected chi connectivity index (χ4v) is 2.50. The minimum absolute atomic E-state index is 0.122. The number of piperidine rings is 1. The second-order valence-corrected chi connectivity index (χ2v) is 5.37. The van der Waals surface area contributed by atoms with Crippen LogP contribution in [0.3, 0.4) is 0 Å². The van der Waals surface area contributed by atoms with Gasteiger partial charge in [-0.1, -0.05) is 5.16 Å². The summed E-state index contributed by atoms with van der Waals surface area (Å²) in [5.41, 5.74) is 0.326. The van der Waals surface area contributed by atoms with Crippen LogP contribution in [0.5, 0.6) is 11.8 Å². The van der Waals surface area contributed by atoms with Gasteiger partial charge in [0.25, 0.3) is 5.91 Å². The second-order valence-electron chi connectivity index (χ2n) is 5.37. The molecule has 2 aromatic heterocycles. The van der Waals surface area contributed by atoms with Crippen molar-refractivity contribution in [2.45, 2.75) is 25.9 Å². The van der Waals surface area contributed by atoms with Gasteiger partial charge in [0.15, 0.2) is 5.69 Å². The maximum atomic E-state index is 12.4. The quantitative estimate of drug-likeness (QED) is 0.843. The molecule has 2 aromatic rings. The molecule has 1 fully saturated rings.